The molecule has 138 valence electrons. The third-order valence-corrected chi connectivity index (χ3v) is 4.47. The molecule has 0 saturated heterocycles. The van der Waals surface area contributed by atoms with Crippen LogP contribution in [0.25, 0.3) is 0 Å². The molecule has 7 heteroatoms. The summed E-state index contributed by atoms with van der Waals surface area (Å²) in [7, 11) is 0. The minimum atomic E-state index is 0.241. The normalized spacial score (nSPS) is 12.1. The van der Waals surface area contributed by atoms with Crippen LogP contribution in [0.5, 0.6) is 11.5 Å². The van der Waals surface area contributed by atoms with Crippen LogP contribution in [0, 0.1) is 20.8 Å². The van der Waals surface area contributed by atoms with Crippen molar-refractivity contribution in [1.29, 1.82) is 0 Å². The summed E-state index contributed by atoms with van der Waals surface area (Å²) in [4.78, 5) is 9.01. The molecule has 0 atom stereocenters. The minimum absolute atomic E-state index is 0.241. The molecule has 3 aromatic rings. The van der Waals surface area contributed by atoms with Crippen molar-refractivity contribution in [2.24, 2.45) is 0 Å². The van der Waals surface area contributed by atoms with E-state index in [1.165, 1.54) is 0 Å². The van der Waals surface area contributed by atoms with Gasteiger partial charge in [-0.15, -0.1) is 0 Å². The molecule has 1 aromatic heterocycles. The van der Waals surface area contributed by atoms with E-state index in [0.29, 0.717) is 22.5 Å². The van der Waals surface area contributed by atoms with Crippen molar-refractivity contribution in [2.45, 2.75) is 20.8 Å². The van der Waals surface area contributed by atoms with Crippen molar-refractivity contribution in [3.63, 3.8) is 0 Å². The molecule has 27 heavy (non-hydrogen) atoms. The van der Waals surface area contributed by atoms with Gasteiger partial charge in [-0.25, -0.2) is 4.98 Å². The fourth-order valence-electron chi connectivity index (χ4n) is 2.99. The molecular formula is C20H19ClN4O2. The Balaban J connectivity index is 1.60. The quantitative estimate of drug-likeness (QED) is 0.640. The predicted molar refractivity (Wildman–Crippen MR) is 107 cm³/mol. The highest BCUT2D eigenvalue weighted by atomic mass is 35.5. The number of fused-ring (bicyclic) bond motifs is 1. The molecule has 0 saturated carbocycles. The summed E-state index contributed by atoms with van der Waals surface area (Å²) in [6, 6.07) is 11.5. The second kappa shape index (κ2) is 6.96. The molecule has 2 heterocycles. The number of hydrogen-bond acceptors (Lipinski definition) is 6. The van der Waals surface area contributed by atoms with Gasteiger partial charge in [-0.3, -0.25) is 0 Å². The number of benzene rings is 2. The highest BCUT2D eigenvalue weighted by Crippen LogP contribution is 2.35. The van der Waals surface area contributed by atoms with Crippen LogP contribution in [-0.2, 0) is 0 Å². The first-order valence-corrected chi connectivity index (χ1v) is 8.92. The molecule has 0 amide bonds. The standard InChI is InChI=1S/C20H19ClN4O2/c1-11-6-12(2)19(15(21)7-11)24-18-8-13(3)22-20(25-18)23-14-4-5-16-17(9-14)27-10-26-16/h4-9H,10H2,1-3H3,(H2,22,23,24,25). The summed E-state index contributed by atoms with van der Waals surface area (Å²) in [5.74, 6) is 2.59. The summed E-state index contributed by atoms with van der Waals surface area (Å²) in [6.45, 7) is 6.19. The van der Waals surface area contributed by atoms with Crippen LogP contribution in [0.2, 0.25) is 5.02 Å². The number of aryl methyl sites for hydroxylation is 3. The van der Waals surface area contributed by atoms with E-state index in [4.69, 9.17) is 21.1 Å². The van der Waals surface area contributed by atoms with Gasteiger partial charge in [0.2, 0.25) is 12.7 Å². The van der Waals surface area contributed by atoms with Crippen LogP contribution in [0.4, 0.5) is 23.1 Å². The third kappa shape index (κ3) is 3.75. The van der Waals surface area contributed by atoms with E-state index in [9.17, 15) is 0 Å². The van der Waals surface area contributed by atoms with E-state index in [1.54, 1.807) is 0 Å². The predicted octanol–water partition coefficient (Wildman–Crippen LogP) is 5.27. The van der Waals surface area contributed by atoms with Crippen LogP contribution in [0.3, 0.4) is 0 Å². The highest BCUT2D eigenvalue weighted by molar-refractivity contribution is 6.33. The van der Waals surface area contributed by atoms with Crippen molar-refractivity contribution < 1.29 is 9.47 Å². The van der Waals surface area contributed by atoms with Crippen LogP contribution >= 0.6 is 11.6 Å². The molecule has 0 aliphatic carbocycles. The Bertz CT molecular complexity index is 1000. The van der Waals surface area contributed by atoms with Crippen LogP contribution in [0.1, 0.15) is 16.8 Å². The number of hydrogen-bond donors (Lipinski definition) is 2. The topological polar surface area (TPSA) is 68.3 Å². The maximum absolute atomic E-state index is 6.40. The van der Waals surface area contributed by atoms with Gasteiger partial charge in [-0.1, -0.05) is 17.7 Å². The Morgan fingerprint density at radius 2 is 1.74 bits per heavy atom. The molecule has 0 bridgehead atoms. The first kappa shape index (κ1) is 17.4. The maximum atomic E-state index is 6.40. The van der Waals surface area contributed by atoms with Gasteiger partial charge >= 0.3 is 0 Å². The van der Waals surface area contributed by atoms with Gasteiger partial charge in [-0.2, -0.15) is 4.98 Å². The average molecular weight is 383 g/mol. The molecule has 0 fully saturated rings. The Hall–Kier alpha value is -2.99. The van der Waals surface area contributed by atoms with Crippen molar-refractivity contribution in [2.75, 3.05) is 17.4 Å². The Labute approximate surface area is 162 Å². The lowest BCUT2D eigenvalue weighted by Crippen LogP contribution is -2.03. The zero-order valence-electron chi connectivity index (χ0n) is 15.3. The van der Waals surface area contributed by atoms with Gasteiger partial charge in [0.05, 0.1) is 10.7 Å². The van der Waals surface area contributed by atoms with E-state index in [-0.39, 0.29) is 6.79 Å². The number of anilines is 4. The Morgan fingerprint density at radius 3 is 2.56 bits per heavy atom. The molecule has 1 aliphatic heterocycles. The van der Waals surface area contributed by atoms with Gasteiger partial charge in [0.15, 0.2) is 11.5 Å². The summed E-state index contributed by atoms with van der Waals surface area (Å²) in [6.07, 6.45) is 0. The number of nitrogens with one attached hydrogen (secondary N) is 2. The molecule has 2 aromatic carbocycles. The van der Waals surface area contributed by atoms with E-state index in [0.717, 1.165) is 33.9 Å². The molecule has 6 nitrogen and oxygen atoms in total. The second-order valence-corrected chi connectivity index (χ2v) is 6.88. The number of rotatable bonds is 4. The first-order valence-electron chi connectivity index (χ1n) is 8.54. The molecule has 1 aliphatic rings. The van der Waals surface area contributed by atoms with Crippen LogP contribution in [0.15, 0.2) is 36.4 Å². The van der Waals surface area contributed by atoms with Gasteiger partial charge < -0.3 is 20.1 Å². The summed E-state index contributed by atoms with van der Waals surface area (Å²) in [5, 5.41) is 7.18. The minimum Gasteiger partial charge on any atom is -0.454 e. The zero-order chi connectivity index (χ0) is 19.0. The largest absolute Gasteiger partial charge is 0.454 e. The van der Waals surface area contributed by atoms with Crippen LogP contribution < -0.4 is 20.1 Å². The van der Waals surface area contributed by atoms with E-state index >= 15 is 0 Å². The van der Waals surface area contributed by atoms with Crippen molar-refractivity contribution in [1.82, 2.24) is 9.97 Å². The molecule has 4 rings (SSSR count). The Morgan fingerprint density at radius 1 is 0.926 bits per heavy atom. The van der Waals surface area contributed by atoms with Crippen molar-refractivity contribution in [3.8, 4) is 11.5 Å². The van der Waals surface area contributed by atoms with Gasteiger partial charge in [0, 0.05) is 23.5 Å². The Kier molecular flexibility index (Phi) is 4.49. The maximum Gasteiger partial charge on any atom is 0.231 e. The summed E-state index contributed by atoms with van der Waals surface area (Å²) >= 11 is 6.40. The fraction of sp³-hybridized carbons (Fsp3) is 0.200. The molecule has 0 unspecified atom stereocenters. The smallest absolute Gasteiger partial charge is 0.231 e. The zero-order valence-corrected chi connectivity index (χ0v) is 16.0. The fourth-order valence-corrected chi connectivity index (χ4v) is 3.36. The number of nitrogens with zero attached hydrogens (tertiary/aromatic N) is 2. The van der Waals surface area contributed by atoms with Gasteiger partial charge in [0.1, 0.15) is 5.82 Å². The lowest BCUT2D eigenvalue weighted by Gasteiger charge is -2.14. The van der Waals surface area contributed by atoms with E-state index in [2.05, 4.69) is 26.7 Å². The monoisotopic (exact) mass is 382 g/mol. The molecule has 0 spiro atoms. The van der Waals surface area contributed by atoms with E-state index in [1.807, 2.05) is 51.1 Å². The SMILES string of the molecule is Cc1cc(C)c(Nc2cc(C)nc(Nc3ccc4c(c3)OCO4)n2)c(Cl)c1. The number of ether oxygens (including phenoxy) is 2. The van der Waals surface area contributed by atoms with Crippen LogP contribution in [-0.4, -0.2) is 16.8 Å². The summed E-state index contributed by atoms with van der Waals surface area (Å²) < 4.78 is 10.7. The molecule has 0 radical (unpaired) electrons. The average Bonchev–Trinajstić information content (AvgIpc) is 3.05. The lowest BCUT2D eigenvalue weighted by atomic mass is 10.1. The third-order valence-electron chi connectivity index (χ3n) is 4.17. The highest BCUT2D eigenvalue weighted by Gasteiger charge is 2.14. The molecular weight excluding hydrogens is 364 g/mol. The number of halogens is 1. The second-order valence-electron chi connectivity index (χ2n) is 6.47. The van der Waals surface area contributed by atoms with Gasteiger partial charge in [-0.05, 0) is 50.1 Å². The molecule has 2 N–H and O–H groups in total. The van der Waals surface area contributed by atoms with E-state index < -0.39 is 0 Å². The van der Waals surface area contributed by atoms with Crippen molar-refractivity contribution >= 4 is 34.7 Å². The van der Waals surface area contributed by atoms with Crippen molar-refractivity contribution in [3.05, 3.63) is 58.2 Å². The lowest BCUT2D eigenvalue weighted by molar-refractivity contribution is 0.174. The first-order chi connectivity index (χ1) is 13.0. The van der Waals surface area contributed by atoms with Gasteiger partial charge in [0.25, 0.3) is 0 Å². The summed E-state index contributed by atoms with van der Waals surface area (Å²) in [5.41, 5.74) is 4.67. The number of aromatic nitrogens is 2.